The molecule has 1 N–H and O–H groups in total. The number of hydrogen-bond donors (Lipinski definition) is 1. The number of nitro groups is 1. The minimum Gasteiger partial charge on any atom is -0.454 e. The molecule has 0 fully saturated rings. The summed E-state index contributed by atoms with van der Waals surface area (Å²) in [4.78, 5) is 22.8. The number of halogens is 1. The lowest BCUT2D eigenvalue weighted by atomic mass is 10.1. The van der Waals surface area contributed by atoms with Gasteiger partial charge in [0.2, 0.25) is 0 Å². The van der Waals surface area contributed by atoms with E-state index in [1.54, 1.807) is 23.0 Å². The fraction of sp³-hybridized carbons (Fsp3) is 0.150. The molecule has 1 amide bonds. The van der Waals surface area contributed by atoms with Gasteiger partial charge in [0, 0.05) is 12.3 Å². The van der Waals surface area contributed by atoms with E-state index in [0.29, 0.717) is 18.1 Å². The molecule has 11 heteroatoms. The van der Waals surface area contributed by atoms with Gasteiger partial charge < -0.3 is 19.8 Å². The molecular weight excluding hydrogens is 468 g/mol. The Morgan fingerprint density at radius 2 is 2.03 bits per heavy atom. The van der Waals surface area contributed by atoms with Gasteiger partial charge in [0.15, 0.2) is 11.6 Å². The lowest BCUT2D eigenvalue weighted by Crippen LogP contribution is -2.12. The number of aromatic nitrogens is 4. The molecule has 0 radical (unpaired) electrons. The van der Waals surface area contributed by atoms with Gasteiger partial charge in [-0.1, -0.05) is 29.8 Å². The first-order chi connectivity index (χ1) is 14.9. The fourth-order valence-corrected chi connectivity index (χ4v) is 3.49. The Hall–Kier alpha value is -3.73. The van der Waals surface area contributed by atoms with Crippen molar-refractivity contribution in [3.8, 4) is 0 Å². The molecule has 0 aliphatic heterocycles. The maximum atomic E-state index is 12.5. The molecule has 0 saturated carbocycles. The standard InChI is InChI=1S/C20H17BrN6O4/c1-13-3-2-4-14(9-13)10-25-8-7-18(23-25)22-20(28)17-6-5-15(31-17)11-26-12-16(21)19(24-26)27(29)30/h2-9,12H,10-11H2,1H3,(H,22,23,28). The van der Waals surface area contributed by atoms with Gasteiger partial charge in [-0.05, 0) is 45.5 Å². The van der Waals surface area contributed by atoms with Gasteiger partial charge in [0.25, 0.3) is 5.91 Å². The molecule has 0 aliphatic rings. The van der Waals surface area contributed by atoms with Crippen LogP contribution in [-0.2, 0) is 13.1 Å². The molecule has 0 atom stereocenters. The molecule has 1 aromatic carbocycles. The van der Waals surface area contributed by atoms with Crippen LogP contribution in [0.4, 0.5) is 11.6 Å². The Morgan fingerprint density at radius 3 is 2.77 bits per heavy atom. The highest BCUT2D eigenvalue weighted by Gasteiger charge is 2.20. The number of nitrogens with zero attached hydrogens (tertiary/aromatic N) is 5. The second-order valence-corrected chi connectivity index (χ2v) is 7.72. The fourth-order valence-electron chi connectivity index (χ4n) is 3.03. The summed E-state index contributed by atoms with van der Waals surface area (Å²) in [6, 6.07) is 13.0. The molecule has 0 aliphatic carbocycles. The highest BCUT2D eigenvalue weighted by molar-refractivity contribution is 9.10. The Morgan fingerprint density at radius 1 is 1.19 bits per heavy atom. The lowest BCUT2D eigenvalue weighted by Gasteiger charge is -2.03. The average Bonchev–Trinajstić information content (AvgIpc) is 3.43. The first-order valence-electron chi connectivity index (χ1n) is 9.24. The number of nitrogens with one attached hydrogen (secondary N) is 1. The van der Waals surface area contributed by atoms with Crippen molar-refractivity contribution in [3.05, 3.63) is 92.1 Å². The van der Waals surface area contributed by atoms with Crippen molar-refractivity contribution >= 4 is 33.5 Å². The van der Waals surface area contributed by atoms with Crippen molar-refractivity contribution in [1.29, 1.82) is 0 Å². The number of furan rings is 1. The summed E-state index contributed by atoms with van der Waals surface area (Å²) in [6.07, 6.45) is 3.26. The van der Waals surface area contributed by atoms with E-state index >= 15 is 0 Å². The zero-order valence-corrected chi connectivity index (χ0v) is 17.9. The van der Waals surface area contributed by atoms with Crippen molar-refractivity contribution in [1.82, 2.24) is 19.6 Å². The van der Waals surface area contributed by atoms with E-state index < -0.39 is 10.8 Å². The third-order valence-corrected chi connectivity index (χ3v) is 4.94. The normalized spacial score (nSPS) is 10.9. The van der Waals surface area contributed by atoms with Crippen molar-refractivity contribution in [2.45, 2.75) is 20.0 Å². The third-order valence-electron chi connectivity index (χ3n) is 4.38. The van der Waals surface area contributed by atoms with Crippen LogP contribution in [0.25, 0.3) is 0 Å². The van der Waals surface area contributed by atoms with Crippen LogP contribution >= 0.6 is 15.9 Å². The Kier molecular flexibility index (Phi) is 5.67. The van der Waals surface area contributed by atoms with Crippen molar-refractivity contribution in [2.75, 3.05) is 5.32 Å². The summed E-state index contributed by atoms with van der Waals surface area (Å²) >= 11 is 3.09. The van der Waals surface area contributed by atoms with E-state index in [1.807, 2.05) is 25.1 Å². The van der Waals surface area contributed by atoms with Crippen molar-refractivity contribution in [2.24, 2.45) is 0 Å². The summed E-state index contributed by atoms with van der Waals surface area (Å²) in [6.45, 7) is 2.77. The van der Waals surface area contributed by atoms with Gasteiger partial charge in [-0.3, -0.25) is 9.48 Å². The van der Waals surface area contributed by atoms with Crippen molar-refractivity contribution < 1.29 is 14.1 Å². The minimum atomic E-state index is -0.584. The zero-order chi connectivity index (χ0) is 22.0. The molecule has 10 nitrogen and oxygen atoms in total. The van der Waals surface area contributed by atoms with Crippen LogP contribution in [0.3, 0.4) is 0 Å². The van der Waals surface area contributed by atoms with Crippen LogP contribution in [-0.4, -0.2) is 30.4 Å². The lowest BCUT2D eigenvalue weighted by molar-refractivity contribution is -0.390. The second kappa shape index (κ2) is 8.56. The van der Waals surface area contributed by atoms with Gasteiger partial charge in [0.05, 0.1) is 17.8 Å². The SMILES string of the molecule is Cc1cccc(Cn2ccc(NC(=O)c3ccc(Cn4cc(Br)c([N+](=O)[O-])n4)o3)n2)c1. The van der Waals surface area contributed by atoms with E-state index in [0.717, 1.165) is 5.56 Å². The predicted octanol–water partition coefficient (Wildman–Crippen LogP) is 4.00. The number of anilines is 1. The van der Waals surface area contributed by atoms with Gasteiger partial charge >= 0.3 is 5.82 Å². The molecule has 3 aromatic heterocycles. The van der Waals surface area contributed by atoms with E-state index in [2.05, 4.69) is 37.5 Å². The van der Waals surface area contributed by atoms with E-state index in [1.165, 1.54) is 22.5 Å². The third kappa shape index (κ3) is 4.89. The second-order valence-electron chi connectivity index (χ2n) is 6.86. The summed E-state index contributed by atoms with van der Waals surface area (Å²) < 4.78 is 8.91. The molecule has 4 rings (SSSR count). The number of rotatable bonds is 7. The van der Waals surface area contributed by atoms with Gasteiger partial charge in [-0.15, -0.1) is 0 Å². The Bertz CT molecular complexity index is 1260. The smallest absolute Gasteiger partial charge is 0.404 e. The van der Waals surface area contributed by atoms with Crippen LogP contribution < -0.4 is 5.32 Å². The Labute approximate surface area is 184 Å². The molecule has 0 bridgehead atoms. The largest absolute Gasteiger partial charge is 0.454 e. The van der Waals surface area contributed by atoms with Crippen LogP contribution in [0.2, 0.25) is 0 Å². The van der Waals surface area contributed by atoms with Crippen LogP contribution in [0, 0.1) is 17.0 Å². The highest BCUT2D eigenvalue weighted by Crippen LogP contribution is 2.23. The molecule has 4 aromatic rings. The monoisotopic (exact) mass is 484 g/mol. The van der Waals surface area contributed by atoms with E-state index in [9.17, 15) is 14.9 Å². The number of hydrogen-bond acceptors (Lipinski definition) is 6. The number of benzene rings is 1. The van der Waals surface area contributed by atoms with Crippen LogP contribution in [0.1, 0.15) is 27.4 Å². The van der Waals surface area contributed by atoms with E-state index in [-0.39, 0.29) is 22.6 Å². The molecule has 0 unspecified atom stereocenters. The Balaban J connectivity index is 1.38. The minimum absolute atomic E-state index is 0.101. The first kappa shape index (κ1) is 20.5. The molecule has 158 valence electrons. The highest BCUT2D eigenvalue weighted by atomic mass is 79.9. The summed E-state index contributed by atoms with van der Waals surface area (Å²) in [5, 5.41) is 21.8. The maximum absolute atomic E-state index is 12.5. The maximum Gasteiger partial charge on any atom is 0.404 e. The number of carbonyl (C=O) groups excluding carboxylic acids is 1. The van der Waals surface area contributed by atoms with Crippen LogP contribution in [0.15, 0.2) is 63.7 Å². The topological polar surface area (TPSA) is 121 Å². The van der Waals surface area contributed by atoms with Gasteiger partial charge in [-0.25, -0.2) is 0 Å². The number of aryl methyl sites for hydroxylation is 1. The summed E-state index contributed by atoms with van der Waals surface area (Å²) in [7, 11) is 0. The average molecular weight is 485 g/mol. The van der Waals surface area contributed by atoms with Gasteiger partial charge in [-0.2, -0.15) is 9.78 Å². The molecule has 0 spiro atoms. The summed E-state index contributed by atoms with van der Waals surface area (Å²) in [5.74, 6) is 0.205. The zero-order valence-electron chi connectivity index (χ0n) is 16.4. The quantitative estimate of drug-likeness (QED) is 0.312. The molecular formula is C20H17BrN6O4. The molecule has 3 heterocycles. The predicted molar refractivity (Wildman–Crippen MR) is 115 cm³/mol. The van der Waals surface area contributed by atoms with Crippen molar-refractivity contribution in [3.63, 3.8) is 0 Å². The first-order valence-corrected chi connectivity index (χ1v) is 10.0. The van der Waals surface area contributed by atoms with E-state index in [4.69, 9.17) is 4.42 Å². The summed E-state index contributed by atoms with van der Waals surface area (Å²) in [5.41, 5.74) is 2.28. The number of carbonyl (C=O) groups is 1. The molecule has 31 heavy (non-hydrogen) atoms. The molecule has 0 saturated heterocycles. The number of amides is 1. The van der Waals surface area contributed by atoms with Gasteiger partial charge in [0.1, 0.15) is 16.8 Å². The van der Waals surface area contributed by atoms with Crippen LogP contribution in [0.5, 0.6) is 0 Å².